The van der Waals surface area contributed by atoms with Crippen LogP contribution in [0, 0.1) is 0 Å². The minimum absolute atomic E-state index is 0.0111. The zero-order valence-corrected chi connectivity index (χ0v) is 26.2. The first-order valence-corrected chi connectivity index (χ1v) is 16.8. The largest absolute Gasteiger partial charge is 0.354 e. The summed E-state index contributed by atoms with van der Waals surface area (Å²) in [5, 5.41) is 6.02. The molecule has 7 N–H and O–H groups in total. The summed E-state index contributed by atoms with van der Waals surface area (Å²) >= 11 is 0. The number of aromatic nitrogens is 2. The van der Waals surface area contributed by atoms with E-state index in [-0.39, 0.29) is 23.8 Å². The Morgan fingerprint density at radius 3 is 2.21 bits per heavy atom. The summed E-state index contributed by atoms with van der Waals surface area (Å²) in [5.41, 5.74) is 12.7. The number of H-pyrrole nitrogens is 1. The van der Waals surface area contributed by atoms with Crippen molar-refractivity contribution in [1.29, 1.82) is 0 Å². The standard InChI is InChI=1S/C32H59N7O3/c1-2-3-4-5-6-7-8-9-10-11-12-13-14-18-30(40)38-27-22-29(31(41)36-21-19-26-23-35-25-37-26)39(24-27)32(42)28(34)17-15-16-20-33/h23,25,27-29H,2-22,24,33-34H2,1H3,(H,35,37)(H,36,41)(H,38,40)/t27-,28+,29-/m0/s1. The molecule has 240 valence electrons. The van der Waals surface area contributed by atoms with E-state index in [9.17, 15) is 14.4 Å². The Morgan fingerprint density at radius 1 is 0.976 bits per heavy atom. The Morgan fingerprint density at radius 2 is 1.62 bits per heavy atom. The number of imidazole rings is 1. The van der Waals surface area contributed by atoms with Crippen LogP contribution in [0.3, 0.4) is 0 Å². The summed E-state index contributed by atoms with van der Waals surface area (Å²) in [7, 11) is 0. The van der Waals surface area contributed by atoms with Gasteiger partial charge >= 0.3 is 0 Å². The Kier molecular flexibility index (Phi) is 18.8. The summed E-state index contributed by atoms with van der Waals surface area (Å²) in [4.78, 5) is 47.6. The van der Waals surface area contributed by atoms with E-state index >= 15 is 0 Å². The molecule has 2 rings (SSSR count). The highest BCUT2D eigenvalue weighted by Gasteiger charge is 2.41. The molecule has 0 unspecified atom stereocenters. The average Bonchev–Trinajstić information content (AvgIpc) is 3.65. The molecule has 0 bridgehead atoms. The first-order chi connectivity index (χ1) is 20.5. The molecular formula is C32H59N7O3. The molecule has 1 aliphatic heterocycles. The molecule has 0 radical (unpaired) electrons. The van der Waals surface area contributed by atoms with Crippen molar-refractivity contribution in [1.82, 2.24) is 25.5 Å². The molecule has 1 aromatic rings. The van der Waals surface area contributed by atoms with E-state index in [1.54, 1.807) is 17.4 Å². The second-order valence-electron chi connectivity index (χ2n) is 12.0. The van der Waals surface area contributed by atoms with Crippen molar-refractivity contribution in [2.24, 2.45) is 11.5 Å². The van der Waals surface area contributed by atoms with Crippen molar-refractivity contribution >= 4 is 17.7 Å². The fraction of sp³-hybridized carbons (Fsp3) is 0.812. The molecule has 10 nitrogen and oxygen atoms in total. The first kappa shape index (κ1) is 35.7. The lowest BCUT2D eigenvalue weighted by Gasteiger charge is -2.26. The van der Waals surface area contributed by atoms with E-state index in [0.29, 0.717) is 45.3 Å². The quantitative estimate of drug-likeness (QED) is 0.114. The van der Waals surface area contributed by atoms with Crippen molar-refractivity contribution in [2.45, 2.75) is 147 Å². The van der Waals surface area contributed by atoms with Gasteiger partial charge in [-0.1, -0.05) is 90.4 Å². The van der Waals surface area contributed by atoms with Gasteiger partial charge in [-0.2, -0.15) is 0 Å². The molecular weight excluding hydrogens is 530 g/mol. The molecule has 2 heterocycles. The SMILES string of the molecule is CCCCCCCCCCCCCCCC(=O)N[C@H]1C[C@@H](C(=O)NCCc2cnc[nH]2)N(C(=O)[C@H](N)CCCCN)C1. The number of likely N-dealkylation sites (tertiary alicyclic amines) is 1. The van der Waals surface area contributed by atoms with Crippen LogP contribution in [0.4, 0.5) is 0 Å². The number of carbonyl (C=O) groups excluding carboxylic acids is 3. The summed E-state index contributed by atoms with van der Waals surface area (Å²) in [6.45, 7) is 3.54. The van der Waals surface area contributed by atoms with Crippen LogP contribution in [-0.2, 0) is 20.8 Å². The molecule has 0 saturated carbocycles. The maximum absolute atomic E-state index is 13.2. The molecule has 1 aliphatic rings. The van der Waals surface area contributed by atoms with Crippen LogP contribution in [0.15, 0.2) is 12.5 Å². The molecule has 0 spiro atoms. The molecule has 1 fully saturated rings. The molecule has 42 heavy (non-hydrogen) atoms. The van der Waals surface area contributed by atoms with Crippen molar-refractivity contribution in [3.8, 4) is 0 Å². The van der Waals surface area contributed by atoms with Crippen LogP contribution < -0.4 is 22.1 Å². The van der Waals surface area contributed by atoms with Crippen molar-refractivity contribution in [3.05, 3.63) is 18.2 Å². The van der Waals surface area contributed by atoms with Crippen LogP contribution >= 0.6 is 0 Å². The maximum atomic E-state index is 13.2. The first-order valence-electron chi connectivity index (χ1n) is 16.8. The third-order valence-corrected chi connectivity index (χ3v) is 8.29. The van der Waals surface area contributed by atoms with Gasteiger partial charge in [0.1, 0.15) is 6.04 Å². The van der Waals surface area contributed by atoms with E-state index in [4.69, 9.17) is 11.5 Å². The molecule has 1 aromatic heterocycles. The van der Waals surface area contributed by atoms with Crippen LogP contribution in [0.25, 0.3) is 0 Å². The van der Waals surface area contributed by atoms with Gasteiger partial charge in [0.25, 0.3) is 0 Å². The highest BCUT2D eigenvalue weighted by atomic mass is 16.2. The normalized spacial score (nSPS) is 17.4. The smallest absolute Gasteiger partial charge is 0.242 e. The molecule has 0 aliphatic carbocycles. The summed E-state index contributed by atoms with van der Waals surface area (Å²) < 4.78 is 0. The number of hydrogen-bond acceptors (Lipinski definition) is 6. The Hall–Kier alpha value is -2.46. The van der Waals surface area contributed by atoms with Gasteiger partial charge in [0, 0.05) is 43.9 Å². The Balaban J connectivity index is 1.70. The van der Waals surface area contributed by atoms with E-state index in [2.05, 4.69) is 27.5 Å². The van der Waals surface area contributed by atoms with Crippen LogP contribution in [0.1, 0.15) is 128 Å². The molecule has 3 amide bonds. The van der Waals surface area contributed by atoms with Gasteiger partial charge in [-0.15, -0.1) is 0 Å². The van der Waals surface area contributed by atoms with Crippen molar-refractivity contribution in [2.75, 3.05) is 19.6 Å². The predicted octanol–water partition coefficient (Wildman–Crippen LogP) is 4.09. The summed E-state index contributed by atoms with van der Waals surface area (Å²) in [6.07, 6.45) is 23.3. The van der Waals surface area contributed by atoms with E-state index in [1.165, 1.54) is 70.6 Å². The van der Waals surface area contributed by atoms with Gasteiger partial charge in [0.15, 0.2) is 0 Å². The van der Waals surface area contributed by atoms with Gasteiger partial charge in [-0.25, -0.2) is 4.98 Å². The number of amides is 3. The Bertz CT molecular complexity index is 864. The van der Waals surface area contributed by atoms with Gasteiger partial charge in [-0.05, 0) is 32.2 Å². The summed E-state index contributed by atoms with van der Waals surface area (Å²) in [6, 6.07) is -1.60. The fourth-order valence-electron chi connectivity index (χ4n) is 5.74. The topological polar surface area (TPSA) is 159 Å². The summed E-state index contributed by atoms with van der Waals surface area (Å²) in [5.74, 6) is -0.470. The lowest BCUT2D eigenvalue weighted by Crippen LogP contribution is -2.51. The van der Waals surface area contributed by atoms with E-state index in [1.807, 2.05) is 0 Å². The lowest BCUT2D eigenvalue weighted by molar-refractivity contribution is -0.139. The number of unbranched alkanes of at least 4 members (excludes halogenated alkanes) is 13. The van der Waals surface area contributed by atoms with Crippen LogP contribution in [-0.4, -0.2) is 70.3 Å². The average molecular weight is 590 g/mol. The minimum atomic E-state index is -0.683. The second kappa shape index (κ2) is 22.1. The zero-order chi connectivity index (χ0) is 30.4. The van der Waals surface area contributed by atoms with Gasteiger partial charge in [0.05, 0.1) is 12.4 Å². The molecule has 10 heteroatoms. The number of nitrogens with one attached hydrogen (secondary N) is 3. The minimum Gasteiger partial charge on any atom is -0.354 e. The number of rotatable bonds is 24. The van der Waals surface area contributed by atoms with Gasteiger partial charge in [-0.3, -0.25) is 14.4 Å². The number of nitrogens with zero attached hydrogens (tertiary/aromatic N) is 2. The molecule has 1 saturated heterocycles. The molecule has 0 aromatic carbocycles. The third-order valence-electron chi connectivity index (χ3n) is 8.29. The Labute approximate surface area is 253 Å². The molecule has 3 atom stereocenters. The predicted molar refractivity (Wildman–Crippen MR) is 169 cm³/mol. The number of nitrogens with two attached hydrogens (primary N) is 2. The van der Waals surface area contributed by atoms with E-state index < -0.39 is 12.1 Å². The number of aromatic amines is 1. The third kappa shape index (κ3) is 14.6. The van der Waals surface area contributed by atoms with Crippen molar-refractivity contribution in [3.63, 3.8) is 0 Å². The van der Waals surface area contributed by atoms with Crippen LogP contribution in [0.5, 0.6) is 0 Å². The number of hydrogen-bond donors (Lipinski definition) is 5. The van der Waals surface area contributed by atoms with Crippen molar-refractivity contribution < 1.29 is 14.4 Å². The zero-order valence-electron chi connectivity index (χ0n) is 26.2. The second-order valence-corrected chi connectivity index (χ2v) is 12.0. The van der Waals surface area contributed by atoms with Gasteiger partial charge < -0.3 is 32.0 Å². The number of carbonyl (C=O) groups is 3. The van der Waals surface area contributed by atoms with Crippen LogP contribution in [0.2, 0.25) is 0 Å². The fourth-order valence-corrected chi connectivity index (χ4v) is 5.74. The highest BCUT2D eigenvalue weighted by molar-refractivity contribution is 5.90. The highest BCUT2D eigenvalue weighted by Crippen LogP contribution is 2.21. The maximum Gasteiger partial charge on any atom is 0.242 e. The van der Waals surface area contributed by atoms with E-state index in [0.717, 1.165) is 31.4 Å². The van der Waals surface area contributed by atoms with Gasteiger partial charge in [0.2, 0.25) is 17.7 Å². The lowest BCUT2D eigenvalue weighted by atomic mass is 10.0. The monoisotopic (exact) mass is 589 g/mol.